The average molecular weight is 1140 g/mol. The van der Waals surface area contributed by atoms with Crippen molar-refractivity contribution < 1.29 is 24.5 Å². The van der Waals surface area contributed by atoms with Gasteiger partial charge in [0.25, 0.3) is 0 Å². The Hall–Kier alpha value is -6.36. The number of aromatic nitrogens is 3. The molecule has 1 radical (unpaired) electrons. The van der Waals surface area contributed by atoms with Gasteiger partial charge < -0.3 is 8.98 Å². The van der Waals surface area contributed by atoms with Gasteiger partial charge in [-0.1, -0.05) is 124 Å². The van der Waals surface area contributed by atoms with E-state index < -0.39 is 13.3 Å². The summed E-state index contributed by atoms with van der Waals surface area (Å²) in [5.74, 6) is 9.27. The first-order chi connectivity index (χ1) is 32.8. The van der Waals surface area contributed by atoms with Crippen LogP contribution in [-0.2, 0) is 26.5 Å². The molecule has 0 amide bonds. The fraction of sp³-hybridized carbons (Fsp3) is 0.210. The molecule has 0 aliphatic rings. The van der Waals surface area contributed by atoms with Crippen molar-refractivity contribution in [2.45, 2.75) is 77.1 Å². The number of pyridine rings is 1. The second-order valence-electron chi connectivity index (χ2n) is 19.9. The Morgan fingerprint density at radius 2 is 1.33 bits per heavy atom. The Morgan fingerprint density at radius 3 is 1.94 bits per heavy atom. The SMILES string of the molecule is CC(C)Cc1cc(-c2[c-]cc(C#N)cc2)nc[c]1[Ge]([CH3])([CH3])[CH3].CC(C)c1cc(-c2ccccc2)cc(C(C)C)c1-n1c(-c2[c-]ccc3c2oc2cc(-c4ccccc4)ccc23)nc2ccccc21.[Ir]. The second kappa shape index (κ2) is 20.7. The quantitative estimate of drug-likeness (QED) is 0.101. The van der Waals surface area contributed by atoms with E-state index in [-0.39, 0.29) is 31.9 Å². The maximum Gasteiger partial charge on any atom is 0.121 e. The van der Waals surface area contributed by atoms with Gasteiger partial charge in [0, 0.05) is 31.2 Å². The minimum absolute atomic E-state index is 0. The monoisotopic (exact) mass is 1140 g/mol. The normalized spacial score (nSPS) is 11.6. The first-order valence-electron chi connectivity index (χ1n) is 23.8. The van der Waals surface area contributed by atoms with E-state index in [1.807, 2.05) is 24.3 Å². The molecule has 0 bridgehead atoms. The largest absolute Gasteiger partial charge is 0.501 e. The molecule has 3 aromatic heterocycles. The minimum Gasteiger partial charge on any atom is -0.501 e. The number of rotatable bonds is 10. The standard InChI is InChI=1S/C43H35N2O.C19H23GeN2.Ir/c1-27(2)36-24-32(30-16-9-6-10-17-30)25-37(28(3)4)41(36)45-39-21-12-11-20-38(39)44-43(45)35-19-13-18-34-33-23-22-31(26-40(33)46-42(34)35)29-14-7-5-8-15-29;1-14(2)10-17-11-19(22-13-18(17)20(3,4)5)16-8-6-15(12-21)7-9-16;/h5-18,20-28H,1-4H3;6-8,11,13-14H,10H2,1-5H3;/q2*-1;. The van der Waals surface area contributed by atoms with Crippen molar-refractivity contribution in [3.8, 4) is 56.7 Å². The van der Waals surface area contributed by atoms with Gasteiger partial charge in [-0.25, -0.2) is 0 Å². The summed E-state index contributed by atoms with van der Waals surface area (Å²) in [4.78, 5) is 9.97. The van der Waals surface area contributed by atoms with Gasteiger partial charge in [-0.15, -0.1) is 18.2 Å². The van der Waals surface area contributed by atoms with Crippen molar-refractivity contribution in [3.05, 3.63) is 192 Å². The van der Waals surface area contributed by atoms with Gasteiger partial charge in [0.2, 0.25) is 0 Å². The average Bonchev–Trinajstić information content (AvgIpc) is 3.92. The third kappa shape index (κ3) is 10.2. The van der Waals surface area contributed by atoms with E-state index in [1.165, 1.54) is 43.5 Å². The molecule has 0 aliphatic heterocycles. The maximum absolute atomic E-state index is 8.89. The first kappa shape index (κ1) is 49.1. The second-order valence-corrected chi connectivity index (χ2v) is 30.5. The van der Waals surface area contributed by atoms with Crippen LogP contribution in [0.3, 0.4) is 0 Å². The molecule has 0 atom stereocenters. The van der Waals surface area contributed by atoms with Crippen molar-refractivity contribution in [1.82, 2.24) is 14.5 Å². The van der Waals surface area contributed by atoms with E-state index in [1.54, 1.807) is 6.07 Å². The Labute approximate surface area is 424 Å². The molecule has 69 heavy (non-hydrogen) atoms. The topological polar surface area (TPSA) is 67.6 Å². The predicted molar refractivity (Wildman–Crippen MR) is 286 cm³/mol. The van der Waals surface area contributed by atoms with Crippen LogP contribution in [0.2, 0.25) is 17.3 Å². The molecule has 0 saturated heterocycles. The van der Waals surface area contributed by atoms with Gasteiger partial charge in [-0.05, 0) is 75.5 Å². The summed E-state index contributed by atoms with van der Waals surface area (Å²) < 4.78 is 10.6. The van der Waals surface area contributed by atoms with Crippen LogP contribution >= 0.6 is 0 Å². The molecule has 347 valence electrons. The van der Waals surface area contributed by atoms with Gasteiger partial charge in [0.1, 0.15) is 5.58 Å². The van der Waals surface area contributed by atoms with Crippen LogP contribution in [0.15, 0.2) is 162 Å². The summed E-state index contributed by atoms with van der Waals surface area (Å²) in [6.07, 6.45) is 3.17. The number of para-hydroxylation sites is 2. The first-order valence-corrected chi connectivity index (χ1v) is 31.2. The van der Waals surface area contributed by atoms with Crippen molar-refractivity contribution in [2.75, 3.05) is 0 Å². The molecule has 10 rings (SSSR count). The summed E-state index contributed by atoms with van der Waals surface area (Å²) in [6.45, 7) is 13.7. The number of nitriles is 1. The van der Waals surface area contributed by atoms with E-state index in [2.05, 4.69) is 214 Å². The summed E-state index contributed by atoms with van der Waals surface area (Å²) in [7, 11) is 0. The summed E-state index contributed by atoms with van der Waals surface area (Å²) in [5, 5.41) is 11.0. The zero-order chi connectivity index (χ0) is 47.7. The Kier molecular flexibility index (Phi) is 14.7. The zero-order valence-electron chi connectivity index (χ0n) is 41.0. The molecule has 0 aliphatic carbocycles. The molecule has 0 N–H and O–H groups in total. The van der Waals surface area contributed by atoms with Gasteiger partial charge in [-0.3, -0.25) is 4.98 Å². The summed E-state index contributed by atoms with van der Waals surface area (Å²) >= 11 is -1.92. The van der Waals surface area contributed by atoms with Gasteiger partial charge in [-0.2, -0.15) is 0 Å². The molecule has 3 heterocycles. The molecule has 0 saturated carbocycles. The fourth-order valence-corrected chi connectivity index (χ4v) is 12.7. The van der Waals surface area contributed by atoms with E-state index in [0.717, 1.165) is 67.6 Å². The van der Waals surface area contributed by atoms with Crippen LogP contribution in [-0.4, -0.2) is 27.8 Å². The Morgan fingerprint density at radius 1 is 0.681 bits per heavy atom. The molecular formula is C62H58GeIrN4O-2. The van der Waals surface area contributed by atoms with Crippen LogP contribution in [0.25, 0.3) is 83.6 Å². The number of hydrogen-bond donors (Lipinski definition) is 0. The van der Waals surface area contributed by atoms with Gasteiger partial charge >= 0.3 is 136 Å². The third-order valence-corrected chi connectivity index (χ3v) is 17.0. The molecule has 5 nitrogen and oxygen atoms in total. The predicted octanol–water partition coefficient (Wildman–Crippen LogP) is 16.1. The third-order valence-electron chi connectivity index (χ3n) is 12.7. The van der Waals surface area contributed by atoms with Crippen molar-refractivity contribution >= 4 is 50.6 Å². The van der Waals surface area contributed by atoms with Crippen molar-refractivity contribution in [2.24, 2.45) is 5.92 Å². The minimum atomic E-state index is -1.92. The molecule has 10 aromatic rings. The van der Waals surface area contributed by atoms with Gasteiger partial charge in [0.05, 0.1) is 22.4 Å². The van der Waals surface area contributed by atoms with E-state index >= 15 is 0 Å². The van der Waals surface area contributed by atoms with E-state index in [4.69, 9.17) is 14.7 Å². The van der Waals surface area contributed by atoms with Crippen molar-refractivity contribution in [3.63, 3.8) is 0 Å². The van der Waals surface area contributed by atoms with Crippen LogP contribution in [0.5, 0.6) is 0 Å². The van der Waals surface area contributed by atoms with E-state index in [9.17, 15) is 0 Å². The Balaban J connectivity index is 0.000000236. The number of imidazole rings is 1. The number of benzene rings is 7. The maximum atomic E-state index is 8.89. The van der Waals surface area contributed by atoms with Gasteiger partial charge in [0.15, 0.2) is 0 Å². The molecule has 0 unspecified atom stereocenters. The molecule has 7 heteroatoms. The number of hydrogen-bond acceptors (Lipinski definition) is 4. The Bertz CT molecular complexity index is 3420. The fourth-order valence-electron chi connectivity index (χ4n) is 9.34. The number of fused-ring (bicyclic) bond motifs is 4. The van der Waals surface area contributed by atoms with Crippen LogP contribution in [0.1, 0.15) is 75.6 Å². The smallest absolute Gasteiger partial charge is 0.121 e. The number of furan rings is 1. The van der Waals surface area contributed by atoms with Crippen LogP contribution in [0, 0.1) is 29.4 Å². The van der Waals surface area contributed by atoms with Crippen molar-refractivity contribution in [1.29, 1.82) is 5.26 Å². The zero-order valence-corrected chi connectivity index (χ0v) is 45.5. The molecule has 7 aromatic carbocycles. The van der Waals surface area contributed by atoms with E-state index in [0.29, 0.717) is 11.5 Å². The molecule has 0 fully saturated rings. The van der Waals surface area contributed by atoms with Crippen LogP contribution in [0.4, 0.5) is 0 Å². The number of nitrogens with zero attached hydrogens (tertiary/aromatic N) is 4. The summed E-state index contributed by atoms with van der Waals surface area (Å²) in [6, 6.07) is 61.5. The summed E-state index contributed by atoms with van der Waals surface area (Å²) in [5.41, 5.74) is 17.1. The molecule has 0 spiro atoms. The molecular weight excluding hydrogens is 1080 g/mol. The van der Waals surface area contributed by atoms with Crippen LogP contribution < -0.4 is 4.40 Å².